The Morgan fingerprint density at radius 3 is 2.42 bits per heavy atom. The summed E-state index contributed by atoms with van der Waals surface area (Å²) in [7, 11) is 0. The van der Waals surface area contributed by atoms with E-state index >= 15 is 0 Å². The molecule has 4 nitrogen and oxygen atoms in total. The van der Waals surface area contributed by atoms with Crippen LogP contribution in [0.25, 0.3) is 21.5 Å². The number of benzene rings is 1. The summed E-state index contributed by atoms with van der Waals surface area (Å²) in [6.07, 6.45) is 0. The monoisotopic (exact) mass is 279 g/mol. The van der Waals surface area contributed by atoms with Gasteiger partial charge >= 0.3 is 29.6 Å². The first kappa shape index (κ1) is 14.4. The maximum atomic E-state index is 11.6. The van der Waals surface area contributed by atoms with Crippen molar-refractivity contribution in [3.05, 3.63) is 34.8 Å². The minimum absolute atomic E-state index is 0. The van der Waals surface area contributed by atoms with Crippen LogP contribution in [0, 0.1) is 13.8 Å². The van der Waals surface area contributed by atoms with E-state index in [9.17, 15) is 5.11 Å². The Labute approximate surface area is 136 Å². The minimum atomic E-state index is -0.356. The zero-order valence-electron chi connectivity index (χ0n) is 11.0. The molecule has 0 aliphatic heterocycles. The van der Waals surface area contributed by atoms with Gasteiger partial charge in [0.05, 0.1) is 15.2 Å². The van der Waals surface area contributed by atoms with Gasteiger partial charge in [0.15, 0.2) is 0 Å². The van der Waals surface area contributed by atoms with E-state index in [1.54, 1.807) is 0 Å². The van der Waals surface area contributed by atoms with Crippen molar-refractivity contribution in [2.45, 2.75) is 13.8 Å². The fourth-order valence-corrected chi connectivity index (χ4v) is 2.74. The van der Waals surface area contributed by atoms with Crippen molar-refractivity contribution >= 4 is 21.6 Å². The van der Waals surface area contributed by atoms with Gasteiger partial charge in [-0.15, -0.1) is 16.4 Å². The number of hydrogen-bond acceptors (Lipinski definition) is 5. The fraction of sp³-hybridized carbons (Fsp3) is 0.154. The molecule has 0 unspecified atom stereocenters. The Kier molecular flexibility index (Phi) is 4.20. The molecule has 90 valence electrons. The first-order valence-electron chi connectivity index (χ1n) is 5.53. The number of nitrogens with zero attached hydrogens (tertiary/aromatic N) is 3. The van der Waals surface area contributed by atoms with Gasteiger partial charge in [-0.25, -0.2) is 4.98 Å². The van der Waals surface area contributed by atoms with E-state index in [-0.39, 0.29) is 35.4 Å². The number of thiazole rings is 1. The van der Waals surface area contributed by atoms with E-state index in [0.717, 1.165) is 21.0 Å². The predicted octanol–water partition coefficient (Wildman–Crippen LogP) is -0.552. The standard InChI is InChI=1S/C13H11N3OS.Na/c1-7-3-5-9(6-4-7)10-12-11(13(17)16-15-10)14-8(2)18-12;/h3-6H,1-2H3,(H,16,17);/q;+1/p-1. The summed E-state index contributed by atoms with van der Waals surface area (Å²) in [4.78, 5) is 4.22. The van der Waals surface area contributed by atoms with Crippen LogP contribution in [-0.4, -0.2) is 15.2 Å². The van der Waals surface area contributed by atoms with Gasteiger partial charge in [-0.05, 0) is 13.8 Å². The first-order chi connectivity index (χ1) is 8.65. The third kappa shape index (κ3) is 2.65. The van der Waals surface area contributed by atoms with Crippen molar-refractivity contribution in [3.8, 4) is 17.1 Å². The molecule has 0 radical (unpaired) electrons. The second-order valence-electron chi connectivity index (χ2n) is 4.13. The van der Waals surface area contributed by atoms with Crippen LogP contribution in [0.2, 0.25) is 0 Å². The number of rotatable bonds is 1. The van der Waals surface area contributed by atoms with Crippen LogP contribution in [0.1, 0.15) is 10.6 Å². The van der Waals surface area contributed by atoms with E-state index in [0.29, 0.717) is 5.52 Å². The predicted molar refractivity (Wildman–Crippen MR) is 69.6 cm³/mol. The van der Waals surface area contributed by atoms with Gasteiger partial charge in [-0.1, -0.05) is 29.8 Å². The second kappa shape index (κ2) is 5.54. The fourth-order valence-electron chi connectivity index (χ4n) is 1.82. The summed E-state index contributed by atoms with van der Waals surface area (Å²) in [5.41, 5.74) is 3.30. The molecule has 0 bridgehead atoms. The summed E-state index contributed by atoms with van der Waals surface area (Å²) >= 11 is 1.48. The second-order valence-corrected chi connectivity index (χ2v) is 5.33. The van der Waals surface area contributed by atoms with E-state index in [1.807, 2.05) is 38.1 Å². The number of aromatic nitrogens is 3. The Morgan fingerprint density at radius 1 is 1.05 bits per heavy atom. The number of fused-ring (bicyclic) bond motifs is 1. The third-order valence-corrected chi connectivity index (χ3v) is 3.70. The summed E-state index contributed by atoms with van der Waals surface area (Å²) in [6.45, 7) is 3.91. The van der Waals surface area contributed by atoms with Crippen LogP contribution in [-0.2, 0) is 0 Å². The summed E-state index contributed by atoms with van der Waals surface area (Å²) in [5, 5.41) is 20.1. The molecule has 0 N–H and O–H groups in total. The van der Waals surface area contributed by atoms with Crippen LogP contribution in [0.5, 0.6) is 5.88 Å². The maximum absolute atomic E-state index is 11.6. The quantitative estimate of drug-likeness (QED) is 0.561. The minimum Gasteiger partial charge on any atom is -0.856 e. The van der Waals surface area contributed by atoms with Crippen molar-refractivity contribution in [1.29, 1.82) is 0 Å². The SMILES string of the molecule is Cc1ccc(-c2nnc([O-])c3nc(C)sc23)cc1.[Na+]. The molecule has 0 amide bonds. The van der Waals surface area contributed by atoms with Crippen LogP contribution >= 0.6 is 11.3 Å². The Hall–Kier alpha value is -1.01. The first-order valence-corrected chi connectivity index (χ1v) is 6.34. The maximum Gasteiger partial charge on any atom is 1.00 e. The summed E-state index contributed by atoms with van der Waals surface area (Å²) < 4.78 is 0.816. The van der Waals surface area contributed by atoms with Gasteiger partial charge in [0.2, 0.25) is 0 Å². The smallest absolute Gasteiger partial charge is 0.856 e. The molecule has 19 heavy (non-hydrogen) atoms. The van der Waals surface area contributed by atoms with Crippen molar-refractivity contribution in [2.75, 3.05) is 0 Å². The molecule has 0 fully saturated rings. The Bertz CT molecular complexity index is 725. The van der Waals surface area contributed by atoms with Gasteiger partial charge in [0, 0.05) is 11.4 Å². The molecule has 2 heterocycles. The number of hydrogen-bond donors (Lipinski definition) is 0. The zero-order chi connectivity index (χ0) is 12.7. The van der Waals surface area contributed by atoms with Crippen molar-refractivity contribution < 1.29 is 34.7 Å². The molecule has 3 aromatic rings. The van der Waals surface area contributed by atoms with Crippen molar-refractivity contribution in [1.82, 2.24) is 15.2 Å². The van der Waals surface area contributed by atoms with Gasteiger partial charge in [-0.2, -0.15) is 5.10 Å². The normalized spacial score (nSPS) is 10.4. The van der Waals surface area contributed by atoms with Crippen molar-refractivity contribution in [3.63, 3.8) is 0 Å². The largest absolute Gasteiger partial charge is 1.00 e. The molecule has 0 saturated carbocycles. The van der Waals surface area contributed by atoms with E-state index < -0.39 is 0 Å². The third-order valence-electron chi connectivity index (χ3n) is 2.72. The molecule has 0 aliphatic carbocycles. The average molecular weight is 279 g/mol. The summed E-state index contributed by atoms with van der Waals surface area (Å²) in [6, 6.07) is 8.00. The summed E-state index contributed by atoms with van der Waals surface area (Å²) in [5.74, 6) is -0.356. The van der Waals surface area contributed by atoms with Crippen molar-refractivity contribution in [2.24, 2.45) is 0 Å². The van der Waals surface area contributed by atoms with Gasteiger partial charge in [0.1, 0.15) is 5.69 Å². The molecule has 0 aliphatic rings. The van der Waals surface area contributed by atoms with Crippen LogP contribution in [0.15, 0.2) is 24.3 Å². The molecule has 2 aromatic heterocycles. The Morgan fingerprint density at radius 2 is 1.74 bits per heavy atom. The van der Waals surface area contributed by atoms with E-state index in [4.69, 9.17) is 0 Å². The zero-order valence-corrected chi connectivity index (χ0v) is 13.8. The molecule has 1 aromatic carbocycles. The van der Waals surface area contributed by atoms with Crippen LogP contribution < -0.4 is 34.7 Å². The van der Waals surface area contributed by atoms with Gasteiger partial charge in [0.25, 0.3) is 0 Å². The van der Waals surface area contributed by atoms with Gasteiger partial charge in [-0.3, -0.25) is 0 Å². The molecular weight excluding hydrogens is 269 g/mol. The molecule has 6 heteroatoms. The molecule has 0 atom stereocenters. The van der Waals surface area contributed by atoms with E-state index in [2.05, 4.69) is 15.2 Å². The molecule has 0 saturated heterocycles. The van der Waals surface area contributed by atoms with Gasteiger partial charge < -0.3 is 5.11 Å². The van der Waals surface area contributed by atoms with Crippen LogP contribution in [0.4, 0.5) is 0 Å². The average Bonchev–Trinajstić information content (AvgIpc) is 2.74. The topological polar surface area (TPSA) is 61.7 Å². The molecular formula is C13H10N3NaOS. The van der Waals surface area contributed by atoms with E-state index in [1.165, 1.54) is 16.9 Å². The molecule has 0 spiro atoms. The number of aryl methyl sites for hydroxylation is 2. The molecule has 3 rings (SSSR count). The van der Waals surface area contributed by atoms with Crippen LogP contribution in [0.3, 0.4) is 0 Å². The Balaban J connectivity index is 0.00000133.